The van der Waals surface area contributed by atoms with Crippen molar-refractivity contribution < 1.29 is 0 Å². The van der Waals surface area contributed by atoms with Gasteiger partial charge in [0.2, 0.25) is 0 Å². The van der Waals surface area contributed by atoms with Crippen molar-refractivity contribution in [2.75, 3.05) is 39.3 Å². The predicted octanol–water partition coefficient (Wildman–Crippen LogP) is 1.15. The van der Waals surface area contributed by atoms with Gasteiger partial charge < -0.3 is 10.2 Å². The fourth-order valence-electron chi connectivity index (χ4n) is 3.11. The minimum Gasteiger partial charge on any atom is -0.312 e. The smallest absolute Gasteiger partial charge is 0.0167 e. The van der Waals surface area contributed by atoms with E-state index in [2.05, 4.69) is 29.0 Å². The zero-order chi connectivity index (χ0) is 11.4. The fourth-order valence-corrected chi connectivity index (χ4v) is 3.11. The third-order valence-electron chi connectivity index (χ3n) is 4.15. The summed E-state index contributed by atoms with van der Waals surface area (Å²) in [6.45, 7) is 12.1. The van der Waals surface area contributed by atoms with Gasteiger partial charge in [-0.1, -0.05) is 6.92 Å². The Hall–Kier alpha value is -0.120. The molecule has 2 fully saturated rings. The monoisotopic (exact) mass is 225 g/mol. The van der Waals surface area contributed by atoms with Gasteiger partial charge >= 0.3 is 0 Å². The summed E-state index contributed by atoms with van der Waals surface area (Å²) in [6.07, 6.45) is 4.17. The number of hydrogen-bond donors (Lipinski definition) is 1. The molecule has 0 saturated carbocycles. The molecule has 2 atom stereocenters. The maximum Gasteiger partial charge on any atom is 0.0167 e. The van der Waals surface area contributed by atoms with Crippen LogP contribution in [0.3, 0.4) is 0 Å². The zero-order valence-electron chi connectivity index (χ0n) is 10.9. The van der Waals surface area contributed by atoms with Gasteiger partial charge in [0.1, 0.15) is 0 Å². The average Bonchev–Trinajstić information content (AvgIpc) is 2.54. The topological polar surface area (TPSA) is 18.5 Å². The van der Waals surface area contributed by atoms with E-state index in [4.69, 9.17) is 0 Å². The molecule has 2 heterocycles. The summed E-state index contributed by atoms with van der Waals surface area (Å²) < 4.78 is 0. The molecule has 0 amide bonds. The van der Waals surface area contributed by atoms with Crippen LogP contribution in [0.15, 0.2) is 0 Å². The highest BCUT2D eigenvalue weighted by Gasteiger charge is 2.25. The lowest BCUT2D eigenvalue weighted by Crippen LogP contribution is -2.53. The van der Waals surface area contributed by atoms with Crippen LogP contribution in [-0.4, -0.2) is 61.2 Å². The first-order valence-corrected chi connectivity index (χ1v) is 6.99. The Morgan fingerprint density at radius 2 is 2.06 bits per heavy atom. The van der Waals surface area contributed by atoms with Gasteiger partial charge in [-0.3, -0.25) is 4.90 Å². The molecule has 1 N–H and O–H groups in total. The molecule has 2 aliphatic heterocycles. The molecule has 3 heteroatoms. The second-order valence-electron chi connectivity index (χ2n) is 5.37. The number of nitrogens with one attached hydrogen (secondary N) is 1. The van der Waals surface area contributed by atoms with E-state index in [0.29, 0.717) is 6.04 Å². The van der Waals surface area contributed by atoms with E-state index in [9.17, 15) is 0 Å². The minimum absolute atomic E-state index is 0.680. The second kappa shape index (κ2) is 5.99. The number of rotatable bonds is 2. The van der Waals surface area contributed by atoms with Gasteiger partial charge in [-0.2, -0.15) is 0 Å². The van der Waals surface area contributed by atoms with E-state index in [0.717, 1.165) is 6.04 Å². The highest BCUT2D eigenvalue weighted by Crippen LogP contribution is 2.18. The number of piperazine rings is 1. The van der Waals surface area contributed by atoms with Crippen molar-refractivity contribution >= 4 is 0 Å². The second-order valence-corrected chi connectivity index (χ2v) is 5.37. The summed E-state index contributed by atoms with van der Waals surface area (Å²) in [5.41, 5.74) is 0. The van der Waals surface area contributed by atoms with Crippen LogP contribution < -0.4 is 5.32 Å². The largest absolute Gasteiger partial charge is 0.312 e. The van der Waals surface area contributed by atoms with Crippen LogP contribution in [0.25, 0.3) is 0 Å². The molecule has 0 bridgehead atoms. The van der Waals surface area contributed by atoms with Gasteiger partial charge in [0.15, 0.2) is 0 Å². The van der Waals surface area contributed by atoms with E-state index < -0.39 is 0 Å². The molecule has 94 valence electrons. The Kier molecular flexibility index (Phi) is 4.62. The first kappa shape index (κ1) is 12.3. The average molecular weight is 225 g/mol. The van der Waals surface area contributed by atoms with Gasteiger partial charge in [0.25, 0.3) is 0 Å². The molecule has 2 saturated heterocycles. The van der Waals surface area contributed by atoms with Crippen LogP contribution in [0, 0.1) is 0 Å². The van der Waals surface area contributed by atoms with E-state index in [1.807, 2.05) is 0 Å². The van der Waals surface area contributed by atoms with Gasteiger partial charge in [0, 0.05) is 31.7 Å². The normalized spacial score (nSPS) is 34.9. The Balaban J connectivity index is 1.84. The zero-order valence-corrected chi connectivity index (χ0v) is 10.9. The van der Waals surface area contributed by atoms with Crippen LogP contribution in [0.5, 0.6) is 0 Å². The molecule has 2 rings (SSSR count). The summed E-state index contributed by atoms with van der Waals surface area (Å²) in [5, 5.41) is 3.53. The maximum absolute atomic E-state index is 3.53. The third kappa shape index (κ3) is 3.19. The van der Waals surface area contributed by atoms with Crippen molar-refractivity contribution in [2.24, 2.45) is 0 Å². The van der Waals surface area contributed by atoms with Crippen LogP contribution in [-0.2, 0) is 0 Å². The molecule has 3 nitrogen and oxygen atoms in total. The molecule has 0 aromatic rings. The minimum atomic E-state index is 0.680. The van der Waals surface area contributed by atoms with Crippen LogP contribution in [0.2, 0.25) is 0 Å². The summed E-state index contributed by atoms with van der Waals surface area (Å²) in [4.78, 5) is 5.33. The van der Waals surface area contributed by atoms with Gasteiger partial charge in [0.05, 0.1) is 0 Å². The number of nitrogens with zero attached hydrogens (tertiary/aromatic N) is 2. The lowest BCUT2D eigenvalue weighted by Gasteiger charge is -2.37. The van der Waals surface area contributed by atoms with Crippen LogP contribution in [0.1, 0.15) is 33.1 Å². The molecular formula is C13H27N3. The third-order valence-corrected chi connectivity index (χ3v) is 4.15. The molecule has 0 radical (unpaired) electrons. The lowest BCUT2D eigenvalue weighted by atomic mass is 10.1. The summed E-state index contributed by atoms with van der Waals surface area (Å²) in [6, 6.07) is 1.53. The van der Waals surface area contributed by atoms with Crippen LogP contribution in [0.4, 0.5) is 0 Å². The number of likely N-dealkylation sites (tertiary alicyclic amines) is 1. The van der Waals surface area contributed by atoms with Crippen molar-refractivity contribution in [3.63, 3.8) is 0 Å². The van der Waals surface area contributed by atoms with E-state index in [-0.39, 0.29) is 0 Å². The Morgan fingerprint density at radius 1 is 1.19 bits per heavy atom. The van der Waals surface area contributed by atoms with Gasteiger partial charge in [-0.15, -0.1) is 0 Å². The molecule has 2 aliphatic rings. The van der Waals surface area contributed by atoms with Crippen molar-refractivity contribution in [3.05, 3.63) is 0 Å². The highest BCUT2D eigenvalue weighted by molar-refractivity contribution is 4.83. The predicted molar refractivity (Wildman–Crippen MR) is 68.8 cm³/mol. The molecule has 0 spiro atoms. The SMILES string of the molecule is CCN1CCCC(N2CCNC(C)C2)CC1. The standard InChI is InChI=1S/C13H27N3/c1-3-15-8-4-5-13(6-9-15)16-10-7-14-12(2)11-16/h12-14H,3-11H2,1-2H3. The molecule has 0 aliphatic carbocycles. The summed E-state index contributed by atoms with van der Waals surface area (Å²) >= 11 is 0. The maximum atomic E-state index is 3.53. The van der Waals surface area contributed by atoms with E-state index >= 15 is 0 Å². The molecular weight excluding hydrogens is 198 g/mol. The van der Waals surface area contributed by atoms with Gasteiger partial charge in [-0.25, -0.2) is 0 Å². The Labute approximate surface area is 100 Å². The first-order valence-electron chi connectivity index (χ1n) is 6.99. The quantitative estimate of drug-likeness (QED) is 0.761. The first-order chi connectivity index (χ1) is 7.79. The van der Waals surface area contributed by atoms with Crippen LogP contribution >= 0.6 is 0 Å². The van der Waals surface area contributed by atoms with Crippen molar-refractivity contribution in [1.82, 2.24) is 15.1 Å². The summed E-state index contributed by atoms with van der Waals surface area (Å²) in [5.74, 6) is 0. The van der Waals surface area contributed by atoms with E-state index in [1.54, 1.807) is 0 Å². The number of hydrogen-bond acceptors (Lipinski definition) is 3. The van der Waals surface area contributed by atoms with Crippen molar-refractivity contribution in [3.8, 4) is 0 Å². The fraction of sp³-hybridized carbons (Fsp3) is 1.00. The molecule has 16 heavy (non-hydrogen) atoms. The molecule has 2 unspecified atom stereocenters. The Morgan fingerprint density at radius 3 is 2.81 bits per heavy atom. The van der Waals surface area contributed by atoms with Gasteiger partial charge in [-0.05, 0) is 45.8 Å². The molecule has 0 aromatic carbocycles. The highest BCUT2D eigenvalue weighted by atomic mass is 15.2. The van der Waals surface area contributed by atoms with Crippen molar-refractivity contribution in [1.29, 1.82) is 0 Å². The summed E-state index contributed by atoms with van der Waals surface area (Å²) in [7, 11) is 0. The Bertz CT molecular complexity index is 207. The lowest BCUT2D eigenvalue weighted by molar-refractivity contribution is 0.135. The molecule has 0 aromatic heterocycles. The van der Waals surface area contributed by atoms with E-state index in [1.165, 1.54) is 58.5 Å². The van der Waals surface area contributed by atoms with Crippen molar-refractivity contribution in [2.45, 2.75) is 45.2 Å².